The minimum atomic E-state index is -0.960. The predicted molar refractivity (Wildman–Crippen MR) is 92.9 cm³/mol. The normalized spacial score (nSPS) is 11.2. The monoisotopic (exact) mass is 340 g/mol. The highest BCUT2D eigenvalue weighted by atomic mass is 32.2. The van der Waals surface area contributed by atoms with E-state index in [1.54, 1.807) is 36.4 Å². The molecule has 2 aromatic rings. The maximum atomic E-state index is 12.2. The summed E-state index contributed by atoms with van der Waals surface area (Å²) in [7, 11) is 0. The van der Waals surface area contributed by atoms with Crippen LogP contribution in [0.4, 0.5) is 5.69 Å². The van der Waals surface area contributed by atoms with Crippen LogP contribution in [0.2, 0.25) is 0 Å². The molecule has 0 heterocycles. The summed E-state index contributed by atoms with van der Waals surface area (Å²) in [6.45, 7) is 1.50. The molecule has 1 amide bonds. The molecule has 0 spiro atoms. The van der Waals surface area contributed by atoms with E-state index >= 15 is 0 Å². The van der Waals surface area contributed by atoms with E-state index < -0.39 is 18.0 Å². The number of hydrogen-bond donors (Lipinski definition) is 1. The second-order valence-electron chi connectivity index (χ2n) is 4.93. The Kier molecular flexibility index (Phi) is 5.99. The number of nitrogens with one attached hydrogen (secondary N) is 1. The quantitative estimate of drug-likeness (QED) is 0.666. The van der Waals surface area contributed by atoms with E-state index in [-0.39, 0.29) is 0 Å². The Morgan fingerprint density at radius 3 is 2.67 bits per heavy atom. The first-order chi connectivity index (χ1) is 11.5. The van der Waals surface area contributed by atoms with Crippen LogP contribution in [0, 0.1) is 11.3 Å². The minimum Gasteiger partial charge on any atom is -0.449 e. The van der Waals surface area contributed by atoms with Crippen molar-refractivity contribution in [1.29, 1.82) is 5.26 Å². The number of anilines is 1. The molecule has 0 saturated heterocycles. The summed E-state index contributed by atoms with van der Waals surface area (Å²) < 4.78 is 5.24. The zero-order valence-corrected chi connectivity index (χ0v) is 14.1. The summed E-state index contributed by atoms with van der Waals surface area (Å²) >= 11 is 1.43. The number of hydrogen-bond acceptors (Lipinski definition) is 5. The third-order valence-electron chi connectivity index (χ3n) is 3.24. The highest BCUT2D eigenvalue weighted by Gasteiger charge is 2.20. The SMILES string of the molecule is CSc1ccccc1C(=O)OC(C)C(=O)Nc1cccc(C#N)c1. The fourth-order valence-electron chi connectivity index (χ4n) is 2.00. The lowest BCUT2D eigenvalue weighted by molar-refractivity contribution is -0.123. The molecule has 0 aromatic heterocycles. The van der Waals surface area contributed by atoms with Gasteiger partial charge < -0.3 is 10.1 Å². The van der Waals surface area contributed by atoms with Crippen molar-refractivity contribution in [3.05, 3.63) is 59.7 Å². The van der Waals surface area contributed by atoms with Crippen molar-refractivity contribution >= 4 is 29.3 Å². The van der Waals surface area contributed by atoms with Crippen LogP contribution in [0.25, 0.3) is 0 Å². The van der Waals surface area contributed by atoms with Crippen LogP contribution in [-0.2, 0) is 9.53 Å². The van der Waals surface area contributed by atoms with Gasteiger partial charge in [-0.05, 0) is 43.5 Å². The Morgan fingerprint density at radius 1 is 1.21 bits per heavy atom. The number of nitrogens with zero attached hydrogens (tertiary/aromatic N) is 1. The number of amides is 1. The highest BCUT2D eigenvalue weighted by Crippen LogP contribution is 2.21. The van der Waals surface area contributed by atoms with Crippen LogP contribution in [0.15, 0.2) is 53.4 Å². The van der Waals surface area contributed by atoms with Crippen molar-refractivity contribution in [1.82, 2.24) is 0 Å². The second-order valence-corrected chi connectivity index (χ2v) is 5.78. The summed E-state index contributed by atoms with van der Waals surface area (Å²) in [6.07, 6.45) is 0.905. The number of rotatable bonds is 5. The van der Waals surface area contributed by atoms with E-state index in [9.17, 15) is 9.59 Å². The lowest BCUT2D eigenvalue weighted by Gasteiger charge is -2.14. The molecule has 2 aromatic carbocycles. The molecule has 6 heteroatoms. The molecule has 0 fully saturated rings. The van der Waals surface area contributed by atoms with Crippen molar-refractivity contribution in [2.45, 2.75) is 17.9 Å². The van der Waals surface area contributed by atoms with Crippen LogP contribution >= 0.6 is 11.8 Å². The summed E-state index contributed by atoms with van der Waals surface area (Å²) in [5.41, 5.74) is 1.34. The first-order valence-electron chi connectivity index (χ1n) is 7.20. The molecule has 5 nitrogen and oxygen atoms in total. The molecular formula is C18H16N2O3S. The molecule has 0 aliphatic rings. The molecule has 0 aliphatic heterocycles. The number of esters is 1. The van der Waals surface area contributed by atoms with Gasteiger partial charge in [-0.2, -0.15) is 5.26 Å². The number of carbonyl (C=O) groups excluding carboxylic acids is 2. The van der Waals surface area contributed by atoms with Gasteiger partial charge in [0.25, 0.3) is 5.91 Å². The van der Waals surface area contributed by atoms with Crippen molar-refractivity contribution in [3.8, 4) is 6.07 Å². The second kappa shape index (κ2) is 8.18. The van der Waals surface area contributed by atoms with Gasteiger partial charge in [-0.15, -0.1) is 11.8 Å². The average Bonchev–Trinajstić information content (AvgIpc) is 2.61. The zero-order chi connectivity index (χ0) is 17.5. The molecule has 122 valence electrons. The number of benzene rings is 2. The van der Waals surface area contributed by atoms with E-state index in [0.29, 0.717) is 16.8 Å². The smallest absolute Gasteiger partial charge is 0.340 e. The molecular weight excluding hydrogens is 324 g/mol. The standard InChI is InChI=1S/C18H16N2O3S/c1-12(17(21)20-14-7-5-6-13(10-14)11-19)23-18(22)15-8-3-4-9-16(15)24-2/h3-10,12H,1-2H3,(H,20,21). The molecule has 1 atom stereocenters. The minimum absolute atomic E-state index is 0.427. The van der Waals surface area contributed by atoms with E-state index in [4.69, 9.17) is 10.00 Å². The van der Waals surface area contributed by atoms with Gasteiger partial charge in [-0.1, -0.05) is 18.2 Å². The Labute approximate surface area is 144 Å². The van der Waals surface area contributed by atoms with Crippen molar-refractivity contribution in [2.24, 2.45) is 0 Å². The van der Waals surface area contributed by atoms with Crippen LogP contribution < -0.4 is 5.32 Å². The molecule has 1 unspecified atom stereocenters. The van der Waals surface area contributed by atoms with Gasteiger partial charge in [0.2, 0.25) is 0 Å². The Balaban J connectivity index is 2.03. The Morgan fingerprint density at radius 2 is 1.96 bits per heavy atom. The van der Waals surface area contributed by atoms with Gasteiger partial charge in [0.1, 0.15) is 0 Å². The maximum absolute atomic E-state index is 12.2. The first kappa shape index (κ1) is 17.6. The van der Waals surface area contributed by atoms with E-state index in [0.717, 1.165) is 4.90 Å². The molecule has 0 aliphatic carbocycles. The van der Waals surface area contributed by atoms with Crippen LogP contribution in [0.3, 0.4) is 0 Å². The third-order valence-corrected chi connectivity index (χ3v) is 4.03. The van der Waals surface area contributed by atoms with Gasteiger partial charge in [0.15, 0.2) is 6.10 Å². The lowest BCUT2D eigenvalue weighted by atomic mass is 10.2. The third kappa shape index (κ3) is 4.37. The van der Waals surface area contributed by atoms with E-state index in [2.05, 4.69) is 5.32 Å². The van der Waals surface area contributed by atoms with Crippen LogP contribution in [-0.4, -0.2) is 24.2 Å². The number of thioether (sulfide) groups is 1. The zero-order valence-electron chi connectivity index (χ0n) is 13.3. The number of carbonyl (C=O) groups is 2. The van der Waals surface area contributed by atoms with Crippen molar-refractivity contribution in [2.75, 3.05) is 11.6 Å². The largest absolute Gasteiger partial charge is 0.449 e. The predicted octanol–water partition coefficient (Wildman–Crippen LogP) is 3.46. The van der Waals surface area contributed by atoms with Gasteiger partial charge in [-0.3, -0.25) is 4.79 Å². The molecule has 0 saturated carbocycles. The molecule has 0 radical (unpaired) electrons. The van der Waals surface area contributed by atoms with E-state index in [1.807, 2.05) is 24.5 Å². The highest BCUT2D eigenvalue weighted by molar-refractivity contribution is 7.98. The van der Waals surface area contributed by atoms with Gasteiger partial charge in [0.05, 0.1) is 17.2 Å². The summed E-state index contributed by atoms with van der Waals surface area (Å²) in [5, 5.41) is 11.5. The molecule has 2 rings (SSSR count). The molecule has 24 heavy (non-hydrogen) atoms. The number of nitriles is 1. The topological polar surface area (TPSA) is 79.2 Å². The van der Waals surface area contributed by atoms with Gasteiger partial charge in [0, 0.05) is 10.6 Å². The van der Waals surface area contributed by atoms with E-state index in [1.165, 1.54) is 18.7 Å². The van der Waals surface area contributed by atoms with Crippen LogP contribution in [0.1, 0.15) is 22.8 Å². The Bertz CT molecular complexity index is 799. The summed E-state index contributed by atoms with van der Waals surface area (Å²) in [6, 6.07) is 15.6. The van der Waals surface area contributed by atoms with Crippen LogP contribution in [0.5, 0.6) is 0 Å². The molecule has 0 bridgehead atoms. The van der Waals surface area contributed by atoms with Crippen molar-refractivity contribution < 1.29 is 14.3 Å². The maximum Gasteiger partial charge on any atom is 0.340 e. The fourth-order valence-corrected chi connectivity index (χ4v) is 2.59. The lowest BCUT2D eigenvalue weighted by Crippen LogP contribution is -2.30. The summed E-state index contributed by atoms with van der Waals surface area (Å²) in [5.74, 6) is -1.01. The van der Waals surface area contributed by atoms with Crippen molar-refractivity contribution in [3.63, 3.8) is 0 Å². The Hall–Kier alpha value is -2.78. The fraction of sp³-hybridized carbons (Fsp3) is 0.167. The molecule has 1 N–H and O–H groups in total. The average molecular weight is 340 g/mol. The van der Waals surface area contributed by atoms with Gasteiger partial charge >= 0.3 is 5.97 Å². The summed E-state index contributed by atoms with van der Waals surface area (Å²) in [4.78, 5) is 25.2. The first-order valence-corrected chi connectivity index (χ1v) is 8.42. The number of ether oxygens (including phenoxy) is 1. The van der Waals surface area contributed by atoms with Gasteiger partial charge in [-0.25, -0.2) is 4.79 Å².